The highest BCUT2D eigenvalue weighted by atomic mass is 35.5. The van der Waals surface area contributed by atoms with Gasteiger partial charge in [-0.3, -0.25) is 4.79 Å². The van der Waals surface area contributed by atoms with Crippen LogP contribution in [-0.2, 0) is 9.53 Å². The lowest BCUT2D eigenvalue weighted by atomic mass is 9.88. The van der Waals surface area contributed by atoms with Gasteiger partial charge in [0.2, 0.25) is 0 Å². The summed E-state index contributed by atoms with van der Waals surface area (Å²) >= 11 is 6.20. The molecule has 0 spiro atoms. The average molecular weight is 468 g/mol. The molecule has 172 valence electrons. The summed E-state index contributed by atoms with van der Waals surface area (Å²) in [6.45, 7) is 1.60. The van der Waals surface area contributed by atoms with Crippen LogP contribution in [0.3, 0.4) is 0 Å². The zero-order valence-corrected chi connectivity index (χ0v) is 19.4. The van der Waals surface area contributed by atoms with E-state index in [9.17, 15) is 9.59 Å². The van der Waals surface area contributed by atoms with Crippen LogP contribution in [0.4, 0.5) is 0 Å². The molecule has 33 heavy (non-hydrogen) atoms. The Morgan fingerprint density at radius 2 is 1.97 bits per heavy atom. The quantitative estimate of drug-likeness (QED) is 0.379. The van der Waals surface area contributed by atoms with E-state index in [0.717, 1.165) is 25.7 Å². The second-order valence-electron chi connectivity index (χ2n) is 8.15. The first-order valence-electron chi connectivity index (χ1n) is 11.1. The molecule has 1 aliphatic carbocycles. The van der Waals surface area contributed by atoms with Gasteiger partial charge in [-0.2, -0.15) is 9.78 Å². The minimum atomic E-state index is -0.814. The lowest BCUT2D eigenvalue weighted by molar-refractivity contribution is -0.147. The van der Waals surface area contributed by atoms with E-state index in [1.165, 1.54) is 24.4 Å². The number of nitrogens with zero attached hydrogens (tertiary/aromatic N) is 3. The van der Waals surface area contributed by atoms with Crippen LogP contribution < -0.4 is 10.3 Å². The molecule has 3 aromatic rings. The molecule has 1 aromatic heterocycles. The van der Waals surface area contributed by atoms with Crippen molar-refractivity contribution in [2.45, 2.75) is 51.0 Å². The van der Waals surface area contributed by atoms with E-state index in [2.05, 4.69) is 5.10 Å². The third kappa shape index (κ3) is 5.09. The molecular weight excluding hydrogens is 442 g/mol. The van der Waals surface area contributed by atoms with Gasteiger partial charge in [-0.25, -0.2) is 9.78 Å². The Balaban J connectivity index is 1.78. The van der Waals surface area contributed by atoms with E-state index in [4.69, 9.17) is 26.1 Å². The fraction of sp³-hybridized carbons (Fsp3) is 0.360. The first-order chi connectivity index (χ1) is 16.0. The van der Waals surface area contributed by atoms with Gasteiger partial charge < -0.3 is 9.47 Å². The molecule has 1 fully saturated rings. The van der Waals surface area contributed by atoms with Crippen molar-refractivity contribution in [3.05, 3.63) is 69.2 Å². The van der Waals surface area contributed by atoms with Crippen LogP contribution in [-0.4, -0.2) is 35.1 Å². The summed E-state index contributed by atoms with van der Waals surface area (Å²) in [5.74, 6) is 0.745. The number of rotatable bonds is 6. The second-order valence-corrected chi connectivity index (χ2v) is 8.59. The number of esters is 1. The Bertz CT molecular complexity index is 1250. The molecule has 1 aliphatic rings. The Hall–Kier alpha value is -3.19. The van der Waals surface area contributed by atoms with Gasteiger partial charge in [0.1, 0.15) is 11.6 Å². The van der Waals surface area contributed by atoms with Gasteiger partial charge in [-0.1, -0.05) is 43.0 Å². The van der Waals surface area contributed by atoms with Crippen LogP contribution in [0.1, 0.15) is 56.3 Å². The topological polar surface area (TPSA) is 82.8 Å². The number of halogens is 1. The normalized spacial score (nSPS) is 15.6. The SMILES string of the molecule is COC(=O)[C@H](C)Oc1ccc(Cl)cc1C=Nn1c(C2CCCCC2)nc2ccccc2c1=O. The number of aromatic nitrogens is 2. The minimum Gasteiger partial charge on any atom is -0.478 e. The van der Waals surface area contributed by atoms with Gasteiger partial charge in [-0.05, 0) is 50.1 Å². The number of carbonyl (C=O) groups is 1. The Labute approximate surface area is 197 Å². The van der Waals surface area contributed by atoms with E-state index in [1.54, 1.807) is 31.2 Å². The highest BCUT2D eigenvalue weighted by Gasteiger charge is 2.22. The zero-order chi connectivity index (χ0) is 23.4. The molecule has 0 saturated heterocycles. The molecule has 0 amide bonds. The molecule has 0 unspecified atom stereocenters. The minimum absolute atomic E-state index is 0.169. The van der Waals surface area contributed by atoms with Gasteiger partial charge in [0, 0.05) is 16.5 Å². The van der Waals surface area contributed by atoms with E-state index in [0.29, 0.717) is 33.1 Å². The van der Waals surface area contributed by atoms with Crippen LogP contribution in [0.15, 0.2) is 52.4 Å². The first-order valence-corrected chi connectivity index (χ1v) is 11.5. The lowest BCUT2D eigenvalue weighted by Gasteiger charge is -2.22. The van der Waals surface area contributed by atoms with Crippen LogP contribution in [0.5, 0.6) is 5.75 Å². The third-order valence-corrected chi connectivity index (χ3v) is 6.11. The zero-order valence-electron chi connectivity index (χ0n) is 18.7. The van der Waals surface area contributed by atoms with Crippen LogP contribution in [0.2, 0.25) is 5.02 Å². The summed E-state index contributed by atoms with van der Waals surface area (Å²) in [7, 11) is 1.30. The summed E-state index contributed by atoms with van der Waals surface area (Å²) < 4.78 is 11.9. The monoisotopic (exact) mass is 467 g/mol. The van der Waals surface area contributed by atoms with Crippen molar-refractivity contribution in [3.8, 4) is 5.75 Å². The average Bonchev–Trinajstić information content (AvgIpc) is 2.84. The molecular formula is C25H26ClN3O4. The summed E-state index contributed by atoms with van der Waals surface area (Å²) in [5, 5.41) is 5.53. The van der Waals surface area contributed by atoms with Gasteiger partial charge in [0.15, 0.2) is 6.10 Å². The summed E-state index contributed by atoms with van der Waals surface area (Å²) in [5.41, 5.74) is 0.992. The van der Waals surface area contributed by atoms with E-state index >= 15 is 0 Å². The largest absolute Gasteiger partial charge is 0.478 e. The Kier molecular flexibility index (Phi) is 7.08. The van der Waals surface area contributed by atoms with E-state index in [-0.39, 0.29) is 11.5 Å². The van der Waals surface area contributed by atoms with Gasteiger partial charge >= 0.3 is 5.97 Å². The molecule has 4 rings (SSSR count). The Morgan fingerprint density at radius 3 is 2.73 bits per heavy atom. The van der Waals surface area contributed by atoms with Crippen LogP contribution in [0.25, 0.3) is 10.9 Å². The van der Waals surface area contributed by atoms with Crippen molar-refractivity contribution in [2.24, 2.45) is 5.10 Å². The molecule has 1 saturated carbocycles. The molecule has 0 aliphatic heterocycles. The van der Waals surface area contributed by atoms with Crippen molar-refractivity contribution in [3.63, 3.8) is 0 Å². The molecule has 0 bridgehead atoms. The number of para-hydroxylation sites is 1. The van der Waals surface area contributed by atoms with Crippen LogP contribution >= 0.6 is 11.6 Å². The van der Waals surface area contributed by atoms with E-state index < -0.39 is 12.1 Å². The number of fused-ring (bicyclic) bond motifs is 1. The van der Waals surface area contributed by atoms with Crippen molar-refractivity contribution >= 4 is 34.7 Å². The molecule has 0 radical (unpaired) electrons. The third-order valence-electron chi connectivity index (χ3n) is 5.87. The second kappa shape index (κ2) is 10.2. The summed E-state index contributed by atoms with van der Waals surface area (Å²) in [6, 6.07) is 12.3. The smallest absolute Gasteiger partial charge is 0.346 e. The first kappa shape index (κ1) is 23.0. The van der Waals surface area contributed by atoms with Crippen molar-refractivity contribution < 1.29 is 14.3 Å². The number of hydrogen-bond acceptors (Lipinski definition) is 6. The number of methoxy groups -OCH3 is 1. The predicted molar refractivity (Wildman–Crippen MR) is 128 cm³/mol. The maximum atomic E-state index is 13.4. The standard InChI is InChI=1S/C25H26ClN3O4/c1-16(25(31)32-2)33-22-13-12-19(26)14-18(22)15-27-29-23(17-8-4-3-5-9-17)28-21-11-7-6-10-20(21)24(29)30/h6-7,10-17H,3-5,8-9H2,1-2H3/t16-/m0/s1. The van der Waals surface area contributed by atoms with Crippen molar-refractivity contribution in [1.82, 2.24) is 9.66 Å². The highest BCUT2D eigenvalue weighted by Crippen LogP contribution is 2.32. The summed E-state index contributed by atoms with van der Waals surface area (Å²) in [4.78, 5) is 30.0. The summed E-state index contributed by atoms with van der Waals surface area (Å²) in [6.07, 6.45) is 6.06. The van der Waals surface area contributed by atoms with Crippen molar-refractivity contribution in [1.29, 1.82) is 0 Å². The fourth-order valence-corrected chi connectivity index (χ4v) is 4.31. The molecule has 1 atom stereocenters. The lowest BCUT2D eigenvalue weighted by Crippen LogP contribution is -2.26. The Morgan fingerprint density at radius 1 is 1.21 bits per heavy atom. The predicted octanol–water partition coefficient (Wildman–Crippen LogP) is 4.92. The highest BCUT2D eigenvalue weighted by molar-refractivity contribution is 6.30. The molecule has 2 aromatic carbocycles. The fourth-order valence-electron chi connectivity index (χ4n) is 4.13. The van der Waals surface area contributed by atoms with Gasteiger partial charge in [0.05, 0.1) is 24.2 Å². The number of carbonyl (C=O) groups excluding carboxylic acids is 1. The number of hydrogen-bond donors (Lipinski definition) is 0. The van der Waals surface area contributed by atoms with Gasteiger partial charge in [0.25, 0.3) is 5.56 Å². The number of benzene rings is 2. The molecule has 7 nitrogen and oxygen atoms in total. The maximum Gasteiger partial charge on any atom is 0.346 e. The van der Waals surface area contributed by atoms with Gasteiger partial charge in [-0.15, -0.1) is 0 Å². The molecule has 8 heteroatoms. The molecule has 1 heterocycles. The van der Waals surface area contributed by atoms with E-state index in [1.807, 2.05) is 18.2 Å². The van der Waals surface area contributed by atoms with Crippen LogP contribution in [0, 0.1) is 0 Å². The number of ether oxygens (including phenoxy) is 2. The van der Waals surface area contributed by atoms with Crippen molar-refractivity contribution in [2.75, 3.05) is 7.11 Å². The molecule has 0 N–H and O–H groups in total. The maximum absolute atomic E-state index is 13.4.